The number of carbonyl (C=O) groups excluding carboxylic acids is 6. The third-order valence-corrected chi connectivity index (χ3v) is 19.7. The minimum Gasteiger partial charge on any atom is -0.353 e. The van der Waals surface area contributed by atoms with Gasteiger partial charge in [0.1, 0.15) is 17.9 Å². The van der Waals surface area contributed by atoms with Gasteiger partial charge in [-0.05, 0) is 78.5 Å². The molecule has 0 radical (unpaired) electrons. The van der Waals surface area contributed by atoms with E-state index < -0.39 is 79.0 Å². The first-order chi connectivity index (χ1) is 35.4. The molecule has 424 valence electrons. The highest BCUT2D eigenvalue weighted by Gasteiger charge is 2.58. The molecule has 0 unspecified atom stereocenters. The molecule has 19 heteroatoms. The topological polar surface area (TPSA) is 220 Å². The van der Waals surface area contributed by atoms with Crippen LogP contribution < -0.4 is 16.0 Å². The van der Waals surface area contributed by atoms with Gasteiger partial charge in [0.05, 0.1) is 36.4 Å². The number of Topliss-reactive ketones (excluding diaryl/α,β-unsaturated/α-hetero) is 1. The Morgan fingerprint density at radius 2 is 1.05 bits per heavy atom. The Bertz CT molecular complexity index is 2680. The number of hydrogen-bond acceptors (Lipinski definition) is 10. The van der Waals surface area contributed by atoms with Crippen LogP contribution in [0.25, 0.3) is 10.8 Å². The van der Waals surface area contributed by atoms with Gasteiger partial charge >= 0.3 is 0 Å². The minimum atomic E-state index is -3.58. The molecule has 0 spiro atoms. The first-order valence-electron chi connectivity index (χ1n) is 27.8. The second-order valence-electron chi connectivity index (χ2n) is 24.9. The summed E-state index contributed by atoms with van der Waals surface area (Å²) in [7, 11) is -7.14. The Labute approximate surface area is 453 Å². The minimum absolute atomic E-state index is 0.00114. The molecule has 1 saturated carbocycles. The Hall–Kier alpha value is -4.46. The number of likely N-dealkylation sites (tertiary alicyclic amines) is 2. The van der Waals surface area contributed by atoms with Crippen molar-refractivity contribution in [2.45, 2.75) is 183 Å². The molecule has 2 aromatic carbocycles. The number of benzene rings is 2. The van der Waals surface area contributed by atoms with E-state index in [1.807, 2.05) is 119 Å². The van der Waals surface area contributed by atoms with Crippen molar-refractivity contribution in [3.05, 3.63) is 48.0 Å². The van der Waals surface area contributed by atoms with Gasteiger partial charge in [0.15, 0.2) is 0 Å². The van der Waals surface area contributed by atoms with Crippen LogP contribution >= 0.6 is 0 Å². The zero-order valence-corrected chi connectivity index (χ0v) is 49.2. The van der Waals surface area contributed by atoms with Gasteiger partial charge in [0.25, 0.3) is 0 Å². The Kier molecular flexibility index (Phi) is 19.4. The summed E-state index contributed by atoms with van der Waals surface area (Å²) in [4.78, 5) is 84.4. The molecule has 5 amide bonds. The van der Waals surface area contributed by atoms with Gasteiger partial charge < -0.3 is 25.8 Å². The van der Waals surface area contributed by atoms with Crippen LogP contribution in [0.3, 0.4) is 0 Å². The lowest BCUT2D eigenvalue weighted by atomic mass is 9.84. The van der Waals surface area contributed by atoms with Gasteiger partial charge in [-0.1, -0.05) is 131 Å². The van der Waals surface area contributed by atoms with Crippen LogP contribution in [0.1, 0.15) is 140 Å². The smallest absolute Gasteiger partial charge is 0.246 e. The summed E-state index contributed by atoms with van der Waals surface area (Å²) in [5.41, 5.74) is -0.268. The highest BCUT2D eigenvalue weighted by Crippen LogP contribution is 2.41. The molecule has 3 N–H and O–H groups in total. The van der Waals surface area contributed by atoms with Crippen LogP contribution in [-0.2, 0) is 55.2 Å². The fraction of sp³-hybridized carbons (Fsp3) is 0.719. The summed E-state index contributed by atoms with van der Waals surface area (Å²) in [5, 5.41) is 11.2. The number of fused-ring (bicyclic) bond motifs is 3. The lowest BCUT2D eigenvalue weighted by Gasteiger charge is -2.37. The summed E-state index contributed by atoms with van der Waals surface area (Å²) in [6, 6.07) is 10.3. The van der Waals surface area contributed by atoms with Crippen LogP contribution in [0, 0.1) is 40.4 Å². The fourth-order valence-corrected chi connectivity index (χ4v) is 14.5. The molecule has 0 bridgehead atoms. The highest BCUT2D eigenvalue weighted by atomic mass is 32.2. The quantitative estimate of drug-likeness (QED) is 0.181. The van der Waals surface area contributed by atoms with Crippen molar-refractivity contribution in [1.82, 2.24) is 34.4 Å². The molecule has 5 aliphatic rings. The lowest BCUT2D eigenvalue weighted by Crippen LogP contribution is -2.58. The Morgan fingerprint density at radius 3 is 1.50 bits per heavy atom. The van der Waals surface area contributed by atoms with Gasteiger partial charge in [-0.15, -0.1) is 0 Å². The lowest BCUT2D eigenvalue weighted by molar-refractivity contribution is -0.143. The molecule has 11 atom stereocenters. The number of nitrogens with zero attached hydrogens (tertiary/aromatic N) is 4. The van der Waals surface area contributed by atoms with Gasteiger partial charge in [-0.25, -0.2) is 16.8 Å². The molecule has 76 heavy (non-hydrogen) atoms. The van der Waals surface area contributed by atoms with Gasteiger partial charge in [0.2, 0.25) is 49.6 Å². The number of amides is 5. The second kappa shape index (κ2) is 24.3. The fourth-order valence-electron chi connectivity index (χ4n) is 12.2. The maximum Gasteiger partial charge on any atom is 0.246 e. The number of sulfonamides is 2. The van der Waals surface area contributed by atoms with Crippen LogP contribution in [0.15, 0.2) is 42.5 Å². The summed E-state index contributed by atoms with van der Waals surface area (Å²) in [6.07, 6.45) is 10.5. The monoisotopic (exact) mass is 1100 g/mol. The van der Waals surface area contributed by atoms with E-state index in [1.165, 1.54) is 34.1 Å². The van der Waals surface area contributed by atoms with Crippen LogP contribution in [-0.4, -0.2) is 152 Å². The summed E-state index contributed by atoms with van der Waals surface area (Å²) in [5.74, 6) is -2.47. The van der Waals surface area contributed by atoms with E-state index in [-0.39, 0.29) is 72.7 Å². The Balaban J connectivity index is 0.000000247. The molecule has 4 saturated heterocycles. The van der Waals surface area contributed by atoms with Crippen molar-refractivity contribution < 1.29 is 45.6 Å². The van der Waals surface area contributed by atoms with E-state index in [0.717, 1.165) is 35.4 Å². The predicted octanol–water partition coefficient (Wildman–Crippen LogP) is 5.90. The second-order valence-corrected chi connectivity index (χ2v) is 28.8. The van der Waals surface area contributed by atoms with Crippen LogP contribution in [0.5, 0.6) is 0 Å². The van der Waals surface area contributed by atoms with Crippen LogP contribution in [0.2, 0.25) is 0 Å². The van der Waals surface area contributed by atoms with Crippen molar-refractivity contribution in [2.75, 3.05) is 38.7 Å². The molecule has 5 fully saturated rings. The normalized spacial score (nSPS) is 25.6. The van der Waals surface area contributed by atoms with Gasteiger partial charge in [-0.2, -0.15) is 8.61 Å². The molecule has 2 aromatic rings. The average Bonchev–Trinajstić information content (AvgIpc) is 4.16. The van der Waals surface area contributed by atoms with E-state index in [4.69, 9.17) is 0 Å². The number of hydrogen-bond donors (Lipinski definition) is 3. The standard InChI is InChI=1S/C30H41N3O5S.C27H48N4O5S/c1-7-19(2)28(35)31-27(30(3,4)5)29(36)32-15-14-24-26(32)23(18-33(24)39(6,37)38)25(34)17-20-12-13-21-10-8-9-11-22(21)16-20;1-8-17(2)24(32)29-23(27(4,5)6)26(34)30-15-14-21-22(30)20(16-31(21)37(7,35)36)25(33)28-18(3)19-12-10-9-11-13-19/h8-13,16,19,23-24,26-27H,7,14-15,17-18H2,1-6H3,(H,31,35);17-23H,8-16H2,1-7H3,(H,28,33)(H,29,32)/t19-,23-,24-,26-,27-;17-,18-,20+,21-,22-,23-/m11/s1. The number of nitrogens with one attached hydrogen (secondary N) is 3. The van der Waals surface area contributed by atoms with Crippen molar-refractivity contribution >= 4 is 66.1 Å². The number of rotatable bonds is 16. The molecule has 0 aromatic heterocycles. The largest absolute Gasteiger partial charge is 0.353 e. The highest BCUT2D eigenvalue weighted by molar-refractivity contribution is 7.88. The van der Waals surface area contributed by atoms with Gasteiger partial charge in [-0.3, -0.25) is 28.8 Å². The van der Waals surface area contributed by atoms with Crippen molar-refractivity contribution in [3.8, 4) is 0 Å². The zero-order valence-electron chi connectivity index (χ0n) is 47.6. The third-order valence-electron chi connectivity index (χ3n) is 17.2. The first-order valence-corrected chi connectivity index (χ1v) is 31.5. The van der Waals surface area contributed by atoms with E-state index in [0.29, 0.717) is 44.7 Å². The van der Waals surface area contributed by atoms with Crippen molar-refractivity contribution in [2.24, 2.45) is 40.4 Å². The van der Waals surface area contributed by atoms with Gasteiger partial charge in [0, 0.05) is 62.6 Å². The van der Waals surface area contributed by atoms with Crippen molar-refractivity contribution in [3.63, 3.8) is 0 Å². The van der Waals surface area contributed by atoms with E-state index in [1.54, 1.807) is 9.80 Å². The predicted molar refractivity (Wildman–Crippen MR) is 296 cm³/mol. The summed E-state index contributed by atoms with van der Waals surface area (Å²) < 4.78 is 53.6. The number of carbonyl (C=O) groups is 6. The van der Waals surface area contributed by atoms with E-state index in [9.17, 15) is 45.6 Å². The SMILES string of the molecule is CC[C@@H](C)C(=O)N[C@H](C(=O)N1CC[C@@H]2[C@H]1[C@@H](C(=O)Cc1ccc3ccccc3c1)CN2S(C)(=O)=O)C(C)(C)C.CC[C@@H](C)C(=O)N[C@H](C(=O)N1CC[C@@H]2[C@H]1[C@@H](C(=O)N[C@H](C)C1CCCCC1)CN2S(C)(=O)=O)C(C)(C)C. The van der Waals surface area contributed by atoms with E-state index in [2.05, 4.69) is 16.0 Å². The number of ketones is 1. The zero-order chi connectivity index (χ0) is 56.4. The summed E-state index contributed by atoms with van der Waals surface area (Å²) >= 11 is 0. The first kappa shape index (κ1) is 60.8. The van der Waals surface area contributed by atoms with Crippen molar-refractivity contribution in [1.29, 1.82) is 0 Å². The molecule has 1 aliphatic carbocycles. The average molecular weight is 1100 g/mol. The maximum absolute atomic E-state index is 14.0. The molecule has 7 rings (SSSR count). The molecule has 4 heterocycles. The van der Waals surface area contributed by atoms with E-state index >= 15 is 0 Å². The third kappa shape index (κ3) is 13.9. The maximum atomic E-state index is 14.0. The molecular formula is C57H89N7O10S2. The molecule has 4 aliphatic heterocycles. The van der Waals surface area contributed by atoms with Crippen LogP contribution in [0.4, 0.5) is 0 Å². The molecular weight excluding hydrogens is 1010 g/mol. The molecule has 17 nitrogen and oxygen atoms in total. The Morgan fingerprint density at radius 1 is 0.605 bits per heavy atom. The summed E-state index contributed by atoms with van der Waals surface area (Å²) in [6.45, 7) is 21.8.